The number of rotatable bonds is 5. The van der Waals surface area contributed by atoms with Crippen molar-refractivity contribution in [3.63, 3.8) is 0 Å². The fraction of sp³-hybridized carbons (Fsp3) is 0.533. The van der Waals surface area contributed by atoms with Gasteiger partial charge in [0.25, 0.3) is 0 Å². The van der Waals surface area contributed by atoms with Crippen LogP contribution in [0, 0.1) is 11.8 Å². The van der Waals surface area contributed by atoms with E-state index in [1.807, 2.05) is 6.92 Å². The number of nitrogens with one attached hydrogen (secondary N) is 2. The summed E-state index contributed by atoms with van der Waals surface area (Å²) in [7, 11) is 0. The number of benzene rings is 1. The van der Waals surface area contributed by atoms with Crippen LogP contribution in [0.2, 0.25) is 0 Å². The minimum atomic E-state index is -4.35. The molecule has 122 valence electrons. The largest absolute Gasteiger partial charge is 0.484 e. The number of hydrogen-bond donors (Lipinski definition) is 2. The Bertz CT molecular complexity index is 503. The Labute approximate surface area is 127 Å². The summed E-state index contributed by atoms with van der Waals surface area (Å²) in [5.41, 5.74) is 0.811. The van der Waals surface area contributed by atoms with Crippen LogP contribution in [0.25, 0.3) is 0 Å². The standard InChI is InChI=1S/C15H19F3N2O2/c1-10-6-19-8-13(10)14(21)20-7-11-2-4-12(5-3-11)22-9-15(16,17)18/h2-5,10,13,19H,6-9H2,1H3,(H,20,21)/t10-,13-/m1/s1. The lowest BCUT2D eigenvalue weighted by Crippen LogP contribution is -2.33. The van der Waals surface area contributed by atoms with Gasteiger partial charge in [0.2, 0.25) is 5.91 Å². The molecule has 0 spiro atoms. The van der Waals surface area contributed by atoms with Gasteiger partial charge in [0.1, 0.15) is 5.75 Å². The van der Waals surface area contributed by atoms with Crippen LogP contribution in [-0.2, 0) is 11.3 Å². The zero-order valence-electron chi connectivity index (χ0n) is 12.2. The molecule has 1 aromatic rings. The predicted molar refractivity (Wildman–Crippen MR) is 75.4 cm³/mol. The maximum atomic E-state index is 12.0. The molecule has 1 amide bonds. The summed E-state index contributed by atoms with van der Waals surface area (Å²) in [4.78, 5) is 12.0. The molecule has 2 atom stereocenters. The van der Waals surface area contributed by atoms with Gasteiger partial charge in [-0.2, -0.15) is 13.2 Å². The summed E-state index contributed by atoms with van der Waals surface area (Å²) in [6.07, 6.45) is -4.35. The van der Waals surface area contributed by atoms with Crippen molar-refractivity contribution in [2.45, 2.75) is 19.6 Å². The Morgan fingerprint density at radius 3 is 2.55 bits per heavy atom. The lowest BCUT2D eigenvalue weighted by atomic mass is 9.97. The van der Waals surface area contributed by atoms with Crippen molar-refractivity contribution in [2.75, 3.05) is 19.7 Å². The molecule has 1 saturated heterocycles. The van der Waals surface area contributed by atoms with E-state index in [4.69, 9.17) is 0 Å². The number of ether oxygens (including phenoxy) is 1. The summed E-state index contributed by atoms with van der Waals surface area (Å²) in [5.74, 6) is 0.420. The molecule has 0 aliphatic carbocycles. The monoisotopic (exact) mass is 316 g/mol. The normalized spacial score (nSPS) is 21.6. The van der Waals surface area contributed by atoms with E-state index in [-0.39, 0.29) is 17.6 Å². The van der Waals surface area contributed by atoms with Gasteiger partial charge in [-0.15, -0.1) is 0 Å². The zero-order chi connectivity index (χ0) is 16.2. The van der Waals surface area contributed by atoms with E-state index in [2.05, 4.69) is 15.4 Å². The Hall–Kier alpha value is -1.76. The molecule has 0 saturated carbocycles. The van der Waals surface area contributed by atoms with E-state index in [9.17, 15) is 18.0 Å². The molecule has 1 aromatic carbocycles. The van der Waals surface area contributed by atoms with Crippen LogP contribution in [0.3, 0.4) is 0 Å². The molecule has 1 fully saturated rings. The third-order valence-electron chi connectivity index (χ3n) is 3.65. The first-order valence-electron chi connectivity index (χ1n) is 7.12. The molecule has 0 radical (unpaired) electrons. The van der Waals surface area contributed by atoms with Gasteiger partial charge in [-0.3, -0.25) is 4.79 Å². The van der Waals surface area contributed by atoms with Crippen LogP contribution < -0.4 is 15.4 Å². The SMILES string of the molecule is C[C@@H]1CNC[C@H]1C(=O)NCc1ccc(OCC(F)(F)F)cc1. The van der Waals surface area contributed by atoms with Gasteiger partial charge >= 0.3 is 6.18 Å². The van der Waals surface area contributed by atoms with E-state index in [0.717, 1.165) is 12.1 Å². The first-order valence-corrected chi connectivity index (χ1v) is 7.12. The van der Waals surface area contributed by atoms with Gasteiger partial charge in [-0.05, 0) is 30.2 Å². The molecule has 0 unspecified atom stereocenters. The molecule has 0 aromatic heterocycles. The van der Waals surface area contributed by atoms with Crippen molar-refractivity contribution in [1.82, 2.24) is 10.6 Å². The Kier molecular flexibility index (Phi) is 5.28. The summed E-state index contributed by atoms with van der Waals surface area (Å²) in [6, 6.07) is 6.21. The minimum absolute atomic E-state index is 0.00472. The van der Waals surface area contributed by atoms with E-state index >= 15 is 0 Å². The maximum Gasteiger partial charge on any atom is 0.422 e. The average Bonchev–Trinajstić information content (AvgIpc) is 2.89. The fourth-order valence-corrected chi connectivity index (χ4v) is 2.35. The minimum Gasteiger partial charge on any atom is -0.484 e. The van der Waals surface area contributed by atoms with Crippen molar-refractivity contribution in [2.24, 2.45) is 11.8 Å². The molecule has 1 heterocycles. The van der Waals surface area contributed by atoms with Crippen molar-refractivity contribution < 1.29 is 22.7 Å². The number of alkyl halides is 3. The average molecular weight is 316 g/mol. The first-order chi connectivity index (χ1) is 10.3. The number of carbonyl (C=O) groups excluding carboxylic acids is 1. The van der Waals surface area contributed by atoms with Crippen molar-refractivity contribution >= 4 is 5.91 Å². The second kappa shape index (κ2) is 7.00. The van der Waals surface area contributed by atoms with Gasteiger partial charge in [0.15, 0.2) is 6.61 Å². The number of amides is 1. The second-order valence-electron chi connectivity index (χ2n) is 5.51. The number of hydrogen-bond acceptors (Lipinski definition) is 3. The number of carbonyl (C=O) groups is 1. The van der Waals surface area contributed by atoms with Crippen LogP contribution in [0.4, 0.5) is 13.2 Å². The molecule has 2 rings (SSSR count). The zero-order valence-corrected chi connectivity index (χ0v) is 12.2. The topological polar surface area (TPSA) is 50.4 Å². The third-order valence-corrected chi connectivity index (χ3v) is 3.65. The maximum absolute atomic E-state index is 12.0. The van der Waals surface area contributed by atoms with Gasteiger partial charge in [0.05, 0.1) is 5.92 Å². The predicted octanol–water partition coefficient (Wildman–Crippen LogP) is 2.10. The fourth-order valence-electron chi connectivity index (χ4n) is 2.35. The van der Waals surface area contributed by atoms with Gasteiger partial charge in [-0.1, -0.05) is 19.1 Å². The van der Waals surface area contributed by atoms with Crippen LogP contribution in [0.1, 0.15) is 12.5 Å². The summed E-state index contributed by atoms with van der Waals surface area (Å²) in [6.45, 7) is 2.58. The Morgan fingerprint density at radius 2 is 2.00 bits per heavy atom. The van der Waals surface area contributed by atoms with Crippen molar-refractivity contribution in [1.29, 1.82) is 0 Å². The lowest BCUT2D eigenvalue weighted by Gasteiger charge is -2.14. The lowest BCUT2D eigenvalue weighted by molar-refractivity contribution is -0.153. The molecule has 0 bridgehead atoms. The second-order valence-corrected chi connectivity index (χ2v) is 5.51. The van der Waals surface area contributed by atoms with Crippen LogP contribution >= 0.6 is 0 Å². The van der Waals surface area contributed by atoms with Crippen molar-refractivity contribution in [3.8, 4) is 5.75 Å². The highest BCUT2D eigenvalue weighted by Gasteiger charge is 2.29. The highest BCUT2D eigenvalue weighted by atomic mass is 19.4. The van der Waals surface area contributed by atoms with Gasteiger partial charge < -0.3 is 15.4 Å². The van der Waals surface area contributed by atoms with E-state index in [1.165, 1.54) is 12.1 Å². The highest BCUT2D eigenvalue weighted by Crippen LogP contribution is 2.19. The first kappa shape index (κ1) is 16.6. The van der Waals surface area contributed by atoms with E-state index < -0.39 is 12.8 Å². The number of halogens is 3. The Balaban J connectivity index is 1.80. The quantitative estimate of drug-likeness (QED) is 0.875. The third kappa shape index (κ3) is 4.91. The molecule has 7 heteroatoms. The molecule has 1 aliphatic heterocycles. The summed E-state index contributed by atoms with van der Waals surface area (Å²) >= 11 is 0. The molecule has 1 aliphatic rings. The van der Waals surface area contributed by atoms with Crippen LogP contribution in [0.5, 0.6) is 5.75 Å². The summed E-state index contributed by atoms with van der Waals surface area (Å²) < 4.78 is 40.7. The molecule has 2 N–H and O–H groups in total. The molecule has 4 nitrogen and oxygen atoms in total. The van der Waals surface area contributed by atoms with Crippen LogP contribution in [0.15, 0.2) is 24.3 Å². The smallest absolute Gasteiger partial charge is 0.422 e. The molecular weight excluding hydrogens is 297 g/mol. The molecular formula is C15H19F3N2O2. The van der Waals surface area contributed by atoms with Gasteiger partial charge in [-0.25, -0.2) is 0 Å². The van der Waals surface area contributed by atoms with E-state index in [0.29, 0.717) is 19.0 Å². The van der Waals surface area contributed by atoms with Crippen molar-refractivity contribution in [3.05, 3.63) is 29.8 Å². The van der Waals surface area contributed by atoms with Crippen LogP contribution in [-0.4, -0.2) is 31.8 Å². The molecule has 22 heavy (non-hydrogen) atoms. The van der Waals surface area contributed by atoms with E-state index in [1.54, 1.807) is 12.1 Å². The highest BCUT2D eigenvalue weighted by molar-refractivity contribution is 5.79. The summed E-state index contributed by atoms with van der Waals surface area (Å²) in [5, 5.41) is 6.01. The van der Waals surface area contributed by atoms with Gasteiger partial charge in [0, 0.05) is 13.1 Å². The Morgan fingerprint density at radius 1 is 1.32 bits per heavy atom.